The lowest BCUT2D eigenvalue weighted by molar-refractivity contribution is 0.123. The van der Waals surface area contributed by atoms with Crippen LogP contribution in [0.5, 0.6) is 0 Å². The minimum atomic E-state index is -0.821. The second-order valence-electron chi connectivity index (χ2n) is 6.35. The molecule has 122 valence electrons. The lowest BCUT2D eigenvalue weighted by Gasteiger charge is -2.30. The number of nitrogens with one attached hydrogen (secondary N) is 1. The second kappa shape index (κ2) is 6.44. The summed E-state index contributed by atoms with van der Waals surface area (Å²) in [6.45, 7) is 3.12. The van der Waals surface area contributed by atoms with Gasteiger partial charge in [-0.3, -0.25) is 4.79 Å². The van der Waals surface area contributed by atoms with Crippen molar-refractivity contribution in [2.75, 3.05) is 13.1 Å². The maximum Gasteiger partial charge on any atom is 0.407 e. The van der Waals surface area contributed by atoms with Crippen molar-refractivity contribution in [3.05, 3.63) is 45.7 Å². The number of hydrogen-bond acceptors (Lipinski definition) is 2. The lowest BCUT2D eigenvalue weighted by Crippen LogP contribution is -2.37. The third-order valence-corrected chi connectivity index (χ3v) is 4.94. The van der Waals surface area contributed by atoms with Gasteiger partial charge >= 0.3 is 6.09 Å². The Morgan fingerprint density at radius 1 is 1.30 bits per heavy atom. The van der Waals surface area contributed by atoms with Crippen LogP contribution in [0, 0.1) is 12.8 Å². The number of pyridine rings is 1. The van der Waals surface area contributed by atoms with Gasteiger partial charge in [0, 0.05) is 35.2 Å². The van der Waals surface area contributed by atoms with Gasteiger partial charge in [-0.05, 0) is 50.7 Å². The van der Waals surface area contributed by atoms with Crippen LogP contribution in [-0.2, 0) is 6.42 Å². The molecule has 1 aromatic carbocycles. The highest BCUT2D eigenvalue weighted by Gasteiger charge is 2.22. The summed E-state index contributed by atoms with van der Waals surface area (Å²) in [5.74, 6) is 0.528. The van der Waals surface area contributed by atoms with Gasteiger partial charge < -0.3 is 15.0 Å². The first-order valence-corrected chi connectivity index (χ1v) is 8.14. The number of likely N-dealkylation sites (tertiary alicyclic amines) is 1. The number of nitrogens with zero attached hydrogens (tertiary/aromatic N) is 1. The molecule has 5 heteroatoms. The van der Waals surface area contributed by atoms with Gasteiger partial charge in [0.2, 0.25) is 0 Å². The molecular formula is C18H22N2O3. The number of rotatable bonds is 3. The van der Waals surface area contributed by atoms with Gasteiger partial charge in [0.1, 0.15) is 0 Å². The summed E-state index contributed by atoms with van der Waals surface area (Å²) in [6, 6.07) is 7.60. The third-order valence-electron chi connectivity index (χ3n) is 4.94. The first-order valence-electron chi connectivity index (χ1n) is 8.14. The monoisotopic (exact) mass is 314 g/mol. The molecule has 0 bridgehead atoms. The Morgan fingerprint density at radius 2 is 2.00 bits per heavy atom. The van der Waals surface area contributed by atoms with Crippen LogP contribution >= 0.6 is 0 Å². The molecule has 1 aliphatic heterocycles. The Labute approximate surface area is 134 Å². The Bertz CT molecular complexity index is 773. The minimum Gasteiger partial charge on any atom is -0.465 e. The van der Waals surface area contributed by atoms with Crippen molar-refractivity contribution in [2.24, 2.45) is 5.92 Å². The highest BCUT2D eigenvalue weighted by molar-refractivity contribution is 5.79. The molecule has 0 saturated carbocycles. The second-order valence-corrected chi connectivity index (χ2v) is 6.35. The zero-order valence-corrected chi connectivity index (χ0v) is 13.3. The van der Waals surface area contributed by atoms with Gasteiger partial charge in [-0.25, -0.2) is 4.79 Å². The van der Waals surface area contributed by atoms with Gasteiger partial charge in [0.15, 0.2) is 5.43 Å². The molecule has 0 aliphatic carbocycles. The van der Waals surface area contributed by atoms with Crippen LogP contribution < -0.4 is 5.43 Å². The number of aryl methyl sites for hydroxylation is 1. The van der Waals surface area contributed by atoms with Crippen LogP contribution in [0.25, 0.3) is 10.9 Å². The van der Waals surface area contributed by atoms with E-state index in [0.717, 1.165) is 47.8 Å². The van der Waals surface area contributed by atoms with Gasteiger partial charge in [-0.2, -0.15) is 0 Å². The van der Waals surface area contributed by atoms with Crippen molar-refractivity contribution in [3.8, 4) is 0 Å². The quantitative estimate of drug-likeness (QED) is 0.914. The van der Waals surface area contributed by atoms with Gasteiger partial charge in [-0.1, -0.05) is 12.1 Å². The normalized spacial score (nSPS) is 16.0. The molecule has 3 rings (SSSR count). The molecule has 5 nitrogen and oxygen atoms in total. The molecule has 2 N–H and O–H groups in total. The summed E-state index contributed by atoms with van der Waals surface area (Å²) in [5.41, 5.74) is 2.80. The zero-order chi connectivity index (χ0) is 16.4. The van der Waals surface area contributed by atoms with Crippen molar-refractivity contribution >= 4 is 17.0 Å². The first-order chi connectivity index (χ1) is 11.1. The van der Waals surface area contributed by atoms with Crippen molar-refractivity contribution in [2.45, 2.75) is 32.6 Å². The third kappa shape index (κ3) is 3.23. The molecule has 2 aromatic rings. The molecule has 2 heterocycles. The minimum absolute atomic E-state index is 0.107. The van der Waals surface area contributed by atoms with Gasteiger partial charge in [0.05, 0.1) is 0 Å². The number of H-pyrrole nitrogens is 1. The molecule has 0 radical (unpaired) electrons. The van der Waals surface area contributed by atoms with Crippen molar-refractivity contribution in [3.63, 3.8) is 0 Å². The summed E-state index contributed by atoms with van der Waals surface area (Å²) in [4.78, 5) is 28.2. The van der Waals surface area contributed by atoms with Gasteiger partial charge in [-0.15, -0.1) is 0 Å². The van der Waals surface area contributed by atoms with E-state index in [1.165, 1.54) is 4.90 Å². The smallest absolute Gasteiger partial charge is 0.407 e. The van der Waals surface area contributed by atoms with Crippen LogP contribution in [0.1, 0.15) is 30.5 Å². The average molecular weight is 314 g/mol. The van der Waals surface area contributed by atoms with Crippen LogP contribution in [0.3, 0.4) is 0 Å². The largest absolute Gasteiger partial charge is 0.465 e. The van der Waals surface area contributed by atoms with E-state index in [2.05, 4.69) is 4.98 Å². The fourth-order valence-corrected chi connectivity index (χ4v) is 3.40. The Morgan fingerprint density at radius 3 is 2.70 bits per heavy atom. The zero-order valence-electron chi connectivity index (χ0n) is 13.3. The topological polar surface area (TPSA) is 73.4 Å². The van der Waals surface area contributed by atoms with E-state index in [4.69, 9.17) is 5.11 Å². The molecule has 0 unspecified atom stereocenters. The number of amides is 1. The van der Waals surface area contributed by atoms with Crippen molar-refractivity contribution in [1.29, 1.82) is 0 Å². The van der Waals surface area contributed by atoms with Crippen molar-refractivity contribution < 1.29 is 9.90 Å². The Kier molecular flexibility index (Phi) is 4.37. The van der Waals surface area contributed by atoms with E-state index in [9.17, 15) is 9.59 Å². The number of para-hydroxylation sites is 1. The molecular weight excluding hydrogens is 292 g/mol. The maximum atomic E-state index is 12.4. The molecule has 1 amide bonds. The number of fused-ring (bicyclic) bond motifs is 1. The van der Waals surface area contributed by atoms with Crippen LogP contribution in [0.4, 0.5) is 4.79 Å². The van der Waals surface area contributed by atoms with E-state index >= 15 is 0 Å². The van der Waals surface area contributed by atoms with Crippen LogP contribution in [-0.4, -0.2) is 34.2 Å². The molecule has 0 atom stereocenters. The molecule has 1 aromatic heterocycles. The number of benzene rings is 1. The van der Waals surface area contributed by atoms with E-state index < -0.39 is 6.09 Å². The van der Waals surface area contributed by atoms with Crippen molar-refractivity contribution in [1.82, 2.24) is 9.88 Å². The SMILES string of the molecule is Cc1c(CCC2CCN(C(=O)O)CC2)[nH]c2ccccc2c1=O. The van der Waals surface area contributed by atoms with E-state index in [1.807, 2.05) is 31.2 Å². The summed E-state index contributed by atoms with van der Waals surface area (Å²) in [7, 11) is 0. The summed E-state index contributed by atoms with van der Waals surface area (Å²) in [5, 5.41) is 9.73. The molecule has 1 aliphatic rings. The first kappa shape index (κ1) is 15.6. The standard InChI is InChI=1S/C18H22N2O3/c1-12-15(19-16-5-3-2-4-14(16)17(12)21)7-6-13-8-10-20(11-9-13)18(22)23/h2-5,13H,6-11H2,1H3,(H,19,21)(H,22,23). The predicted molar refractivity (Wildman–Crippen MR) is 89.9 cm³/mol. The van der Waals surface area contributed by atoms with Crippen LogP contribution in [0.2, 0.25) is 0 Å². The number of hydrogen-bond donors (Lipinski definition) is 2. The number of piperidine rings is 1. The van der Waals surface area contributed by atoms with E-state index in [1.54, 1.807) is 0 Å². The predicted octanol–water partition coefficient (Wildman–Crippen LogP) is 3.16. The fraction of sp³-hybridized carbons (Fsp3) is 0.444. The highest BCUT2D eigenvalue weighted by atomic mass is 16.4. The fourth-order valence-electron chi connectivity index (χ4n) is 3.40. The Hall–Kier alpha value is -2.30. The van der Waals surface area contributed by atoms with Crippen LogP contribution in [0.15, 0.2) is 29.1 Å². The lowest BCUT2D eigenvalue weighted by atomic mass is 9.91. The number of aromatic amines is 1. The molecule has 0 spiro atoms. The molecule has 1 fully saturated rings. The highest BCUT2D eigenvalue weighted by Crippen LogP contribution is 2.23. The van der Waals surface area contributed by atoms with E-state index in [-0.39, 0.29) is 5.43 Å². The summed E-state index contributed by atoms with van der Waals surface area (Å²) in [6.07, 6.45) is 2.82. The summed E-state index contributed by atoms with van der Waals surface area (Å²) >= 11 is 0. The number of carbonyl (C=O) groups is 1. The maximum absolute atomic E-state index is 12.4. The number of carboxylic acid groups (broad SMARTS) is 1. The summed E-state index contributed by atoms with van der Waals surface area (Å²) < 4.78 is 0. The molecule has 23 heavy (non-hydrogen) atoms. The number of aromatic nitrogens is 1. The van der Waals surface area contributed by atoms with Gasteiger partial charge in [0.25, 0.3) is 0 Å². The molecule has 1 saturated heterocycles. The average Bonchev–Trinajstić information content (AvgIpc) is 2.57. The Balaban J connectivity index is 1.69. The van der Waals surface area contributed by atoms with E-state index in [0.29, 0.717) is 19.0 Å².